The van der Waals surface area contributed by atoms with Crippen LogP contribution in [0, 0.1) is 6.92 Å². The fourth-order valence-electron chi connectivity index (χ4n) is 3.56. The van der Waals surface area contributed by atoms with Gasteiger partial charge in [-0.2, -0.15) is 13.2 Å². The van der Waals surface area contributed by atoms with Gasteiger partial charge in [0.25, 0.3) is 0 Å². The van der Waals surface area contributed by atoms with Crippen LogP contribution in [0.1, 0.15) is 65.0 Å². The van der Waals surface area contributed by atoms with Gasteiger partial charge in [-0.25, -0.2) is 14.4 Å². The van der Waals surface area contributed by atoms with Gasteiger partial charge in [0.1, 0.15) is 5.75 Å². The SMILES string of the molecule is CCOc1c(C)cc(CC(=O)c2ccc(C(=O)OC)cc2)cc1C(F)(F)F.COC(=O)c1ccc(C(=O)O)cc1. The highest BCUT2D eigenvalue weighted by atomic mass is 19.4. The fourth-order valence-corrected chi connectivity index (χ4v) is 3.56. The Balaban J connectivity index is 0.000000360. The Morgan fingerprint density at radius 1 is 0.775 bits per heavy atom. The van der Waals surface area contributed by atoms with E-state index in [1.807, 2.05) is 0 Å². The van der Waals surface area contributed by atoms with E-state index in [0.29, 0.717) is 16.7 Å². The first-order valence-corrected chi connectivity index (χ1v) is 11.8. The number of methoxy groups -OCH3 is 2. The van der Waals surface area contributed by atoms with E-state index >= 15 is 0 Å². The van der Waals surface area contributed by atoms with Gasteiger partial charge in [0.05, 0.1) is 43.1 Å². The molecule has 0 spiro atoms. The van der Waals surface area contributed by atoms with E-state index in [4.69, 9.17) is 9.84 Å². The van der Waals surface area contributed by atoms with E-state index in [9.17, 15) is 32.3 Å². The first-order valence-electron chi connectivity index (χ1n) is 11.8. The summed E-state index contributed by atoms with van der Waals surface area (Å²) in [6.45, 7) is 3.23. The summed E-state index contributed by atoms with van der Waals surface area (Å²) in [6.07, 6.45) is -4.79. The van der Waals surface area contributed by atoms with Crippen molar-refractivity contribution in [2.75, 3.05) is 20.8 Å². The molecule has 1 N–H and O–H groups in total. The maximum Gasteiger partial charge on any atom is 0.419 e. The van der Waals surface area contributed by atoms with Gasteiger partial charge >= 0.3 is 24.1 Å². The number of esters is 2. The van der Waals surface area contributed by atoms with Crippen LogP contribution >= 0.6 is 0 Å². The molecule has 0 bridgehead atoms. The monoisotopic (exact) mass is 560 g/mol. The summed E-state index contributed by atoms with van der Waals surface area (Å²) in [7, 11) is 2.52. The van der Waals surface area contributed by atoms with E-state index in [-0.39, 0.29) is 41.3 Å². The summed E-state index contributed by atoms with van der Waals surface area (Å²) in [5.74, 6) is -2.61. The van der Waals surface area contributed by atoms with Crippen molar-refractivity contribution in [3.05, 3.63) is 99.6 Å². The van der Waals surface area contributed by atoms with Gasteiger partial charge < -0.3 is 19.3 Å². The average molecular weight is 561 g/mol. The van der Waals surface area contributed by atoms with Crippen molar-refractivity contribution < 1.29 is 51.7 Å². The lowest BCUT2D eigenvalue weighted by Crippen LogP contribution is -2.12. The number of alkyl halides is 3. The zero-order valence-corrected chi connectivity index (χ0v) is 22.1. The smallest absolute Gasteiger partial charge is 0.419 e. The molecular weight excluding hydrogens is 533 g/mol. The predicted molar refractivity (Wildman–Crippen MR) is 138 cm³/mol. The number of carboxylic acids is 1. The molecule has 8 nitrogen and oxygen atoms in total. The van der Waals surface area contributed by atoms with Crippen molar-refractivity contribution in [3.63, 3.8) is 0 Å². The first kappa shape index (κ1) is 31.5. The first-order chi connectivity index (χ1) is 18.8. The van der Waals surface area contributed by atoms with Gasteiger partial charge in [-0.3, -0.25) is 4.79 Å². The van der Waals surface area contributed by atoms with Crippen LogP contribution in [0.2, 0.25) is 0 Å². The Morgan fingerprint density at radius 2 is 1.23 bits per heavy atom. The quantitative estimate of drug-likeness (QED) is 0.272. The maximum atomic E-state index is 13.3. The average Bonchev–Trinajstić information content (AvgIpc) is 2.93. The largest absolute Gasteiger partial charge is 0.493 e. The highest BCUT2D eigenvalue weighted by Crippen LogP contribution is 2.39. The minimum Gasteiger partial charge on any atom is -0.493 e. The van der Waals surface area contributed by atoms with E-state index in [1.54, 1.807) is 6.92 Å². The number of carboxylic acid groups (broad SMARTS) is 1. The molecular formula is C29H27F3O8. The van der Waals surface area contributed by atoms with Crippen LogP contribution in [0.3, 0.4) is 0 Å². The zero-order valence-electron chi connectivity index (χ0n) is 22.1. The minimum atomic E-state index is -4.59. The number of aryl methyl sites for hydroxylation is 1. The number of hydrogen-bond acceptors (Lipinski definition) is 7. The van der Waals surface area contributed by atoms with Gasteiger partial charge in [0.15, 0.2) is 5.78 Å². The molecule has 40 heavy (non-hydrogen) atoms. The number of benzene rings is 3. The molecule has 0 saturated heterocycles. The Kier molecular flexibility index (Phi) is 11.0. The molecule has 0 aromatic heterocycles. The number of carbonyl (C=O) groups is 4. The maximum absolute atomic E-state index is 13.3. The van der Waals surface area contributed by atoms with Crippen molar-refractivity contribution in [3.8, 4) is 5.75 Å². The van der Waals surface area contributed by atoms with Crippen LogP contribution < -0.4 is 4.74 Å². The van der Waals surface area contributed by atoms with Crippen molar-refractivity contribution in [2.24, 2.45) is 0 Å². The third-order valence-corrected chi connectivity index (χ3v) is 5.47. The van der Waals surface area contributed by atoms with E-state index in [0.717, 1.165) is 6.07 Å². The second-order valence-corrected chi connectivity index (χ2v) is 8.26. The molecule has 0 fully saturated rings. The number of ketones is 1. The molecule has 0 aliphatic heterocycles. The van der Waals surface area contributed by atoms with Crippen molar-refractivity contribution in [2.45, 2.75) is 26.4 Å². The number of Topliss-reactive ketones (excluding diaryl/α,β-unsaturated/α-hetero) is 1. The molecule has 11 heteroatoms. The summed E-state index contributed by atoms with van der Waals surface area (Å²) in [6, 6.07) is 13.8. The van der Waals surface area contributed by atoms with E-state index < -0.39 is 29.6 Å². The molecule has 3 aromatic rings. The van der Waals surface area contributed by atoms with E-state index in [1.165, 1.54) is 75.7 Å². The summed E-state index contributed by atoms with van der Waals surface area (Å²) >= 11 is 0. The van der Waals surface area contributed by atoms with E-state index in [2.05, 4.69) is 9.47 Å². The highest BCUT2D eigenvalue weighted by molar-refractivity contribution is 5.99. The number of hydrogen-bond donors (Lipinski definition) is 1. The number of rotatable bonds is 8. The molecule has 0 aliphatic rings. The van der Waals surface area contributed by atoms with Crippen LogP contribution in [0.25, 0.3) is 0 Å². The molecule has 3 rings (SSSR count). The van der Waals surface area contributed by atoms with Crippen molar-refractivity contribution >= 4 is 23.7 Å². The van der Waals surface area contributed by atoms with Crippen LogP contribution in [0.4, 0.5) is 13.2 Å². The fraction of sp³-hybridized carbons (Fsp3) is 0.241. The summed E-state index contributed by atoms with van der Waals surface area (Å²) in [5, 5.41) is 8.56. The standard InChI is InChI=1S/C20H19F3O4.C9H8O4/c1-4-27-18-12(2)9-13(10-16(18)20(21,22)23)11-17(24)14-5-7-15(8-6-14)19(25)26-3;1-13-9(12)7-4-2-6(3-5-7)8(10)11/h5-10H,4,11H2,1-3H3;2-5H,1H3,(H,10,11). The summed E-state index contributed by atoms with van der Waals surface area (Å²) in [4.78, 5) is 45.2. The van der Waals surface area contributed by atoms with Crippen LogP contribution in [0.5, 0.6) is 5.75 Å². The van der Waals surface area contributed by atoms with Gasteiger partial charge in [0, 0.05) is 12.0 Å². The Morgan fingerprint density at radius 3 is 1.62 bits per heavy atom. The Labute approximate surface area is 228 Å². The third-order valence-electron chi connectivity index (χ3n) is 5.47. The zero-order chi connectivity index (χ0) is 30.0. The third kappa shape index (κ3) is 8.42. The molecule has 0 heterocycles. The van der Waals surface area contributed by atoms with Gasteiger partial charge in [-0.15, -0.1) is 0 Å². The van der Waals surface area contributed by atoms with Gasteiger partial charge in [0.2, 0.25) is 0 Å². The molecule has 0 amide bonds. The van der Waals surface area contributed by atoms with Crippen LogP contribution in [-0.2, 0) is 22.1 Å². The van der Waals surface area contributed by atoms with Crippen molar-refractivity contribution in [1.82, 2.24) is 0 Å². The molecule has 0 radical (unpaired) electrons. The second-order valence-electron chi connectivity index (χ2n) is 8.26. The number of halogens is 3. The highest BCUT2D eigenvalue weighted by Gasteiger charge is 2.35. The lowest BCUT2D eigenvalue weighted by molar-refractivity contribution is -0.139. The molecule has 0 saturated carbocycles. The lowest BCUT2D eigenvalue weighted by Gasteiger charge is -2.17. The second kappa shape index (κ2) is 13.9. The molecule has 0 aliphatic carbocycles. The molecule has 0 unspecified atom stereocenters. The summed E-state index contributed by atoms with van der Waals surface area (Å²) < 4.78 is 54.2. The van der Waals surface area contributed by atoms with Crippen LogP contribution in [0.15, 0.2) is 60.7 Å². The molecule has 0 atom stereocenters. The van der Waals surface area contributed by atoms with Crippen LogP contribution in [-0.4, -0.2) is 49.6 Å². The van der Waals surface area contributed by atoms with Gasteiger partial charge in [-0.1, -0.05) is 18.2 Å². The summed E-state index contributed by atoms with van der Waals surface area (Å²) in [5.41, 5.74) is 0.724. The number of carbonyl (C=O) groups excluding carboxylic acids is 3. The Hall–Kier alpha value is -4.67. The predicted octanol–water partition coefficient (Wildman–Crippen LogP) is 5.80. The van der Waals surface area contributed by atoms with Gasteiger partial charge in [-0.05, 0) is 67.4 Å². The lowest BCUT2D eigenvalue weighted by atomic mass is 9.97. The number of aromatic carboxylic acids is 1. The molecule has 212 valence electrons. The normalized spacial score (nSPS) is 10.6. The molecule has 3 aromatic carbocycles. The number of ether oxygens (including phenoxy) is 3. The van der Waals surface area contributed by atoms with Crippen molar-refractivity contribution in [1.29, 1.82) is 0 Å². The topological polar surface area (TPSA) is 116 Å². The minimum absolute atomic E-state index is 0.106. The Bertz CT molecular complexity index is 1360.